The molecule has 2 N–H and O–H groups in total. The van der Waals surface area contributed by atoms with Gasteiger partial charge in [-0.1, -0.05) is 33.6 Å². The number of carbonyl (C=O) groups excluding carboxylic acids is 3. The number of carbonyl (C=O) groups is 3. The van der Waals surface area contributed by atoms with Crippen molar-refractivity contribution in [3.05, 3.63) is 0 Å². The van der Waals surface area contributed by atoms with Gasteiger partial charge in [0.05, 0.1) is 11.2 Å². The second-order valence-electron chi connectivity index (χ2n) is 16.0. The van der Waals surface area contributed by atoms with Crippen molar-refractivity contribution >= 4 is 25.2 Å². The Morgan fingerprint density at radius 3 is 1.95 bits per heavy atom. The number of hydrogen-bond donors (Lipinski definition) is 2. The zero-order valence-electron chi connectivity index (χ0n) is 28.6. The van der Waals surface area contributed by atoms with Crippen LogP contribution in [0, 0.1) is 5.41 Å². The van der Waals surface area contributed by atoms with E-state index in [4.69, 9.17) is 18.8 Å². The van der Waals surface area contributed by atoms with E-state index >= 15 is 0 Å². The van der Waals surface area contributed by atoms with Crippen LogP contribution in [0.3, 0.4) is 0 Å². The molecule has 0 aromatic rings. The first-order chi connectivity index (χ1) is 18.9. The predicted octanol–water partition coefficient (Wildman–Crippen LogP) is 6.07. The van der Waals surface area contributed by atoms with Crippen LogP contribution in [-0.4, -0.2) is 77.2 Å². The summed E-state index contributed by atoms with van der Waals surface area (Å²) in [5.74, 6) is -0.261. The number of nitrogens with one attached hydrogen (secondary N) is 2. The number of hydrogen-bond acceptors (Lipinski definition) is 7. The number of nitrogens with zero attached hydrogens (tertiary/aromatic N) is 1. The molecule has 0 aromatic heterocycles. The summed E-state index contributed by atoms with van der Waals surface area (Å²) in [6.07, 6.45) is 3.54. The highest BCUT2D eigenvalue weighted by molar-refractivity contribution is 6.45. The zero-order chi connectivity index (χ0) is 32.3. The highest BCUT2D eigenvalue weighted by Gasteiger charge is 2.50. The molecule has 0 bridgehead atoms. The van der Waals surface area contributed by atoms with E-state index in [2.05, 4.69) is 38.3 Å². The van der Waals surface area contributed by atoms with Crippen molar-refractivity contribution in [1.82, 2.24) is 15.5 Å². The van der Waals surface area contributed by atoms with Crippen molar-refractivity contribution in [3.8, 4) is 0 Å². The number of likely N-dealkylation sites (tertiary alicyclic amines) is 1. The molecular weight excluding hydrogens is 537 g/mol. The third-order valence-electron chi connectivity index (χ3n) is 8.01. The van der Waals surface area contributed by atoms with Crippen LogP contribution in [0.4, 0.5) is 9.59 Å². The maximum Gasteiger partial charge on any atom is 0.457 e. The molecule has 0 unspecified atom stereocenters. The average Bonchev–Trinajstić information content (AvgIpc) is 2.97. The summed E-state index contributed by atoms with van der Waals surface area (Å²) >= 11 is 0. The van der Waals surface area contributed by atoms with Crippen molar-refractivity contribution in [2.75, 3.05) is 6.54 Å². The Morgan fingerprint density at radius 2 is 1.45 bits per heavy atom. The van der Waals surface area contributed by atoms with Gasteiger partial charge in [-0.25, -0.2) is 9.59 Å². The summed E-state index contributed by atoms with van der Waals surface area (Å²) in [6, 6.07) is -1.02. The summed E-state index contributed by atoms with van der Waals surface area (Å²) in [4.78, 5) is 40.9. The number of piperidine rings is 1. The van der Waals surface area contributed by atoms with Gasteiger partial charge in [0.15, 0.2) is 0 Å². The lowest BCUT2D eigenvalue weighted by atomic mass is 9.81. The van der Waals surface area contributed by atoms with Gasteiger partial charge >= 0.3 is 19.3 Å². The van der Waals surface area contributed by atoms with Crippen molar-refractivity contribution in [3.63, 3.8) is 0 Å². The quantitative estimate of drug-likeness (QED) is 0.258. The molecule has 3 amide bonds. The standard InChI is InChI=1S/C31H58BN3O7/c1-27(2,3)23(34-25(37)39-28(4,5)6)24(36)33-21-17-19-35(26(38)40-29(7,8)9)22(20-21)16-14-15-18-32-41-30(10,11)31(12,13)42-32/h21-23H,14-20H2,1-13H3,(H,33,36)(H,34,37)/t21-,22+,23+/m0/s1. The first-order valence-corrected chi connectivity index (χ1v) is 15.6. The van der Waals surface area contributed by atoms with Gasteiger partial charge in [0, 0.05) is 18.6 Å². The molecular formula is C31H58BN3O7. The van der Waals surface area contributed by atoms with E-state index in [1.807, 2.05) is 46.4 Å². The molecule has 0 aromatic carbocycles. The van der Waals surface area contributed by atoms with Gasteiger partial charge in [-0.3, -0.25) is 4.79 Å². The van der Waals surface area contributed by atoms with Crippen LogP contribution in [0.25, 0.3) is 0 Å². The largest absolute Gasteiger partial charge is 0.457 e. The highest BCUT2D eigenvalue weighted by Crippen LogP contribution is 2.38. The van der Waals surface area contributed by atoms with E-state index < -0.39 is 28.8 Å². The van der Waals surface area contributed by atoms with Crippen LogP contribution >= 0.6 is 0 Å². The molecule has 2 aliphatic rings. The summed E-state index contributed by atoms with van der Waals surface area (Å²) in [7, 11) is -0.248. The monoisotopic (exact) mass is 595 g/mol. The molecule has 2 saturated heterocycles. The molecule has 0 spiro atoms. The zero-order valence-corrected chi connectivity index (χ0v) is 28.6. The molecule has 0 saturated carbocycles. The summed E-state index contributed by atoms with van der Waals surface area (Å²) in [6.45, 7) is 25.3. The van der Waals surface area contributed by atoms with Gasteiger partial charge in [0.2, 0.25) is 5.91 Å². The molecule has 2 aliphatic heterocycles. The molecule has 2 fully saturated rings. The van der Waals surface area contributed by atoms with E-state index in [0.29, 0.717) is 19.4 Å². The van der Waals surface area contributed by atoms with Gasteiger partial charge in [-0.2, -0.15) is 0 Å². The maximum absolute atomic E-state index is 13.5. The Balaban J connectivity index is 2.06. The van der Waals surface area contributed by atoms with E-state index in [-0.39, 0.29) is 42.4 Å². The molecule has 11 heteroatoms. The van der Waals surface area contributed by atoms with Crippen LogP contribution in [-0.2, 0) is 23.6 Å². The van der Waals surface area contributed by atoms with Crippen LogP contribution in [0.5, 0.6) is 0 Å². The third-order valence-corrected chi connectivity index (χ3v) is 8.01. The highest BCUT2D eigenvalue weighted by atomic mass is 16.7. The van der Waals surface area contributed by atoms with E-state index in [9.17, 15) is 14.4 Å². The fourth-order valence-corrected chi connectivity index (χ4v) is 5.18. The number of ether oxygens (including phenoxy) is 2. The fourth-order valence-electron chi connectivity index (χ4n) is 5.18. The second kappa shape index (κ2) is 13.3. The number of alkyl carbamates (subject to hydrolysis) is 1. The molecule has 2 heterocycles. The van der Waals surface area contributed by atoms with Crippen molar-refractivity contribution < 1.29 is 33.2 Å². The minimum absolute atomic E-state index is 0.0934. The smallest absolute Gasteiger partial charge is 0.444 e. The van der Waals surface area contributed by atoms with Crippen LogP contribution in [0.15, 0.2) is 0 Å². The minimum Gasteiger partial charge on any atom is -0.444 e. The van der Waals surface area contributed by atoms with Gasteiger partial charge in [0.1, 0.15) is 17.2 Å². The van der Waals surface area contributed by atoms with E-state index in [0.717, 1.165) is 25.6 Å². The Kier molecular flexibility index (Phi) is 11.5. The van der Waals surface area contributed by atoms with Crippen LogP contribution in [0.1, 0.15) is 122 Å². The molecule has 3 atom stereocenters. The van der Waals surface area contributed by atoms with E-state index in [1.165, 1.54) is 0 Å². The van der Waals surface area contributed by atoms with Crippen molar-refractivity contribution in [2.24, 2.45) is 5.41 Å². The molecule has 0 aliphatic carbocycles. The SMILES string of the molecule is CC(C)(C)OC(=O)N[C@H](C(=O)N[C@H]1CCN(C(=O)OC(C)(C)C)[C@H](CCCCB2OC(C)(C)C(C)(C)O2)C1)C(C)(C)C. The van der Waals surface area contributed by atoms with E-state index in [1.54, 1.807) is 20.8 Å². The molecule has 2 rings (SSSR count). The Bertz CT molecular complexity index is 934. The summed E-state index contributed by atoms with van der Waals surface area (Å²) in [5, 5.41) is 5.92. The number of rotatable bonds is 8. The van der Waals surface area contributed by atoms with Gasteiger partial charge in [0.25, 0.3) is 0 Å². The lowest BCUT2D eigenvalue weighted by Crippen LogP contribution is -2.58. The van der Waals surface area contributed by atoms with Gasteiger partial charge in [-0.15, -0.1) is 0 Å². The summed E-state index contributed by atoms with van der Waals surface area (Å²) in [5.41, 5.74) is -2.53. The second-order valence-corrected chi connectivity index (χ2v) is 16.0. The summed E-state index contributed by atoms with van der Waals surface area (Å²) < 4.78 is 23.4. The average molecular weight is 596 g/mol. The molecule has 0 radical (unpaired) electrons. The topological polar surface area (TPSA) is 115 Å². The Morgan fingerprint density at radius 1 is 0.905 bits per heavy atom. The van der Waals surface area contributed by atoms with Crippen molar-refractivity contribution in [1.29, 1.82) is 0 Å². The molecule has 42 heavy (non-hydrogen) atoms. The van der Waals surface area contributed by atoms with Crippen molar-refractivity contribution in [2.45, 2.75) is 169 Å². The van der Waals surface area contributed by atoms with Gasteiger partial charge < -0.3 is 34.3 Å². The molecule has 242 valence electrons. The predicted molar refractivity (Wildman–Crippen MR) is 165 cm³/mol. The van der Waals surface area contributed by atoms with Gasteiger partial charge in [-0.05, 0) is 100 Å². The molecule has 10 nitrogen and oxygen atoms in total. The lowest BCUT2D eigenvalue weighted by Gasteiger charge is -2.41. The Hall–Kier alpha value is -2.01. The Labute approximate surface area is 254 Å². The number of unbranched alkanes of at least 4 members (excludes halogenated alkanes) is 1. The number of amides is 3. The normalized spacial score (nSPS) is 23.3. The first-order valence-electron chi connectivity index (χ1n) is 15.6. The first kappa shape index (κ1) is 36.2. The fraction of sp³-hybridized carbons (Fsp3) is 0.903. The lowest BCUT2D eigenvalue weighted by molar-refractivity contribution is -0.126. The third kappa shape index (κ3) is 10.9. The maximum atomic E-state index is 13.5. The minimum atomic E-state index is -0.783. The van der Waals surface area contributed by atoms with Crippen LogP contribution < -0.4 is 10.6 Å². The van der Waals surface area contributed by atoms with Crippen LogP contribution in [0.2, 0.25) is 6.32 Å².